The molecule has 0 unspecified atom stereocenters. The molecule has 0 spiro atoms. The minimum atomic E-state index is 0.552. The van der Waals surface area contributed by atoms with Crippen molar-refractivity contribution in [1.82, 2.24) is 15.1 Å². The van der Waals surface area contributed by atoms with E-state index in [-0.39, 0.29) is 0 Å². The fourth-order valence-corrected chi connectivity index (χ4v) is 3.65. The van der Waals surface area contributed by atoms with E-state index < -0.39 is 0 Å². The zero-order valence-corrected chi connectivity index (χ0v) is 15.1. The first-order valence-electron chi connectivity index (χ1n) is 9.79. The lowest BCUT2D eigenvalue weighted by atomic mass is 10.1. The second-order valence-electron chi connectivity index (χ2n) is 7.08. The lowest BCUT2D eigenvalue weighted by molar-refractivity contribution is 0.136. The summed E-state index contributed by atoms with van der Waals surface area (Å²) in [6.45, 7) is 10.4. The molecule has 1 saturated carbocycles. The molecule has 0 atom stereocenters. The van der Waals surface area contributed by atoms with Gasteiger partial charge in [-0.05, 0) is 38.8 Å². The van der Waals surface area contributed by atoms with Gasteiger partial charge in [0.25, 0.3) is 0 Å². The highest BCUT2D eigenvalue weighted by Gasteiger charge is 2.14. The molecule has 2 fully saturated rings. The zero-order chi connectivity index (χ0) is 16.3. The first-order valence-corrected chi connectivity index (χ1v) is 9.79. The second kappa shape index (κ2) is 10.9. The number of guanidine groups is 1. The van der Waals surface area contributed by atoms with Crippen molar-refractivity contribution in [1.29, 1.82) is 0 Å². The summed E-state index contributed by atoms with van der Waals surface area (Å²) in [5, 5.41) is 3.42. The fraction of sp³-hybridized carbons (Fsp3) is 0.944. The van der Waals surface area contributed by atoms with Gasteiger partial charge in [0, 0.05) is 38.8 Å². The van der Waals surface area contributed by atoms with Gasteiger partial charge in [-0.25, -0.2) is 0 Å². The Morgan fingerprint density at radius 1 is 1.00 bits per heavy atom. The number of nitrogens with one attached hydrogen (secondary N) is 1. The van der Waals surface area contributed by atoms with Crippen LogP contribution in [0.5, 0.6) is 0 Å². The van der Waals surface area contributed by atoms with Crippen LogP contribution >= 0.6 is 0 Å². The van der Waals surface area contributed by atoms with E-state index in [4.69, 9.17) is 5.73 Å². The Hall–Kier alpha value is -0.810. The van der Waals surface area contributed by atoms with Crippen molar-refractivity contribution in [3.05, 3.63) is 0 Å². The maximum atomic E-state index is 6.03. The number of unbranched alkanes of at least 4 members (excludes halogenated alkanes) is 1. The molecule has 3 N–H and O–H groups in total. The van der Waals surface area contributed by atoms with Crippen molar-refractivity contribution in [2.24, 2.45) is 10.7 Å². The average Bonchev–Trinajstić information content (AvgIpc) is 2.84. The molecule has 23 heavy (non-hydrogen) atoms. The van der Waals surface area contributed by atoms with Crippen molar-refractivity contribution in [3.8, 4) is 0 Å². The summed E-state index contributed by atoms with van der Waals surface area (Å²) in [5.41, 5.74) is 6.03. The van der Waals surface area contributed by atoms with Crippen molar-refractivity contribution in [3.63, 3.8) is 0 Å². The standard InChI is InChI=1S/C18H37N5/c1-2-22-13-15-23(16-14-22)12-8-7-11-20-18(19)21-17-9-5-3-4-6-10-17/h17H,2-16H2,1H3,(H3,19,20,21). The van der Waals surface area contributed by atoms with Gasteiger partial charge in [0.2, 0.25) is 0 Å². The minimum Gasteiger partial charge on any atom is -0.370 e. The summed E-state index contributed by atoms with van der Waals surface area (Å²) in [4.78, 5) is 9.63. The third kappa shape index (κ3) is 7.53. The van der Waals surface area contributed by atoms with Crippen molar-refractivity contribution in [2.75, 3.05) is 45.8 Å². The molecule has 0 aromatic heterocycles. The zero-order valence-electron chi connectivity index (χ0n) is 15.1. The van der Waals surface area contributed by atoms with Gasteiger partial charge in [0.15, 0.2) is 5.96 Å². The topological polar surface area (TPSA) is 56.9 Å². The molecule has 5 nitrogen and oxygen atoms in total. The number of rotatable bonds is 7. The van der Waals surface area contributed by atoms with E-state index in [0.717, 1.165) is 13.0 Å². The molecule has 0 aromatic rings. The minimum absolute atomic E-state index is 0.552. The third-order valence-corrected chi connectivity index (χ3v) is 5.28. The number of nitrogens with zero attached hydrogens (tertiary/aromatic N) is 3. The lowest BCUT2D eigenvalue weighted by Crippen LogP contribution is -2.46. The largest absolute Gasteiger partial charge is 0.370 e. The van der Waals surface area contributed by atoms with Gasteiger partial charge >= 0.3 is 0 Å². The van der Waals surface area contributed by atoms with E-state index >= 15 is 0 Å². The smallest absolute Gasteiger partial charge is 0.188 e. The molecule has 2 rings (SSSR count). The molecule has 1 aliphatic carbocycles. The number of nitrogens with two attached hydrogens (primary N) is 1. The van der Waals surface area contributed by atoms with Crippen LogP contribution < -0.4 is 11.1 Å². The second-order valence-corrected chi connectivity index (χ2v) is 7.08. The van der Waals surface area contributed by atoms with Crippen molar-refractivity contribution >= 4 is 5.96 Å². The van der Waals surface area contributed by atoms with Crippen LogP contribution in [0.15, 0.2) is 4.99 Å². The summed E-state index contributed by atoms with van der Waals surface area (Å²) in [6, 6.07) is 0.552. The van der Waals surface area contributed by atoms with E-state index in [2.05, 4.69) is 27.0 Å². The number of piperazine rings is 1. The van der Waals surface area contributed by atoms with E-state index in [0.29, 0.717) is 12.0 Å². The van der Waals surface area contributed by atoms with Gasteiger partial charge in [0.1, 0.15) is 0 Å². The summed E-state index contributed by atoms with van der Waals surface area (Å²) in [7, 11) is 0. The summed E-state index contributed by atoms with van der Waals surface area (Å²) >= 11 is 0. The van der Waals surface area contributed by atoms with Crippen molar-refractivity contribution in [2.45, 2.75) is 64.3 Å². The molecular formula is C18H37N5. The molecule has 2 aliphatic rings. The predicted molar refractivity (Wildman–Crippen MR) is 98.9 cm³/mol. The van der Waals surface area contributed by atoms with Crippen LogP contribution in [0.4, 0.5) is 0 Å². The highest BCUT2D eigenvalue weighted by Crippen LogP contribution is 2.16. The highest BCUT2D eigenvalue weighted by molar-refractivity contribution is 5.78. The normalized spacial score (nSPS) is 22.9. The first-order chi connectivity index (χ1) is 11.3. The van der Waals surface area contributed by atoms with Gasteiger partial charge < -0.3 is 20.9 Å². The number of likely N-dealkylation sites (N-methyl/N-ethyl adjacent to an activating group) is 1. The Labute approximate surface area is 142 Å². The van der Waals surface area contributed by atoms with Crippen LogP contribution in [-0.2, 0) is 0 Å². The summed E-state index contributed by atoms with van der Waals surface area (Å²) < 4.78 is 0. The van der Waals surface area contributed by atoms with E-state index in [9.17, 15) is 0 Å². The summed E-state index contributed by atoms with van der Waals surface area (Å²) in [6.07, 6.45) is 10.3. The molecule has 0 bridgehead atoms. The molecule has 134 valence electrons. The predicted octanol–water partition coefficient (Wildman–Crippen LogP) is 2.03. The van der Waals surface area contributed by atoms with Crippen LogP contribution in [-0.4, -0.2) is 67.6 Å². The van der Waals surface area contributed by atoms with Gasteiger partial charge in [-0.1, -0.05) is 32.6 Å². The van der Waals surface area contributed by atoms with Gasteiger partial charge in [-0.2, -0.15) is 0 Å². The van der Waals surface area contributed by atoms with Crippen LogP contribution in [0.25, 0.3) is 0 Å². The molecule has 1 saturated heterocycles. The Balaban J connectivity index is 1.52. The molecule has 1 heterocycles. The number of hydrogen-bond acceptors (Lipinski definition) is 3. The molecule has 0 radical (unpaired) electrons. The Bertz CT molecular complexity index is 328. The van der Waals surface area contributed by atoms with Crippen LogP contribution in [0.2, 0.25) is 0 Å². The maximum absolute atomic E-state index is 6.03. The van der Waals surface area contributed by atoms with Crippen LogP contribution in [0.3, 0.4) is 0 Å². The number of aliphatic imine (C=N–C) groups is 1. The molecular weight excluding hydrogens is 286 g/mol. The maximum Gasteiger partial charge on any atom is 0.188 e. The SMILES string of the molecule is CCN1CCN(CCCCN=C(N)NC2CCCCCC2)CC1. The first kappa shape index (κ1) is 18.5. The van der Waals surface area contributed by atoms with E-state index in [1.165, 1.54) is 84.2 Å². The van der Waals surface area contributed by atoms with Crippen LogP contribution in [0.1, 0.15) is 58.3 Å². The van der Waals surface area contributed by atoms with Gasteiger partial charge in [-0.15, -0.1) is 0 Å². The Kier molecular flexibility index (Phi) is 8.76. The lowest BCUT2D eigenvalue weighted by Gasteiger charge is -2.33. The highest BCUT2D eigenvalue weighted by atomic mass is 15.3. The van der Waals surface area contributed by atoms with E-state index in [1.807, 2.05) is 0 Å². The Morgan fingerprint density at radius 2 is 1.65 bits per heavy atom. The molecule has 0 aromatic carbocycles. The average molecular weight is 324 g/mol. The van der Waals surface area contributed by atoms with Gasteiger partial charge in [-0.3, -0.25) is 4.99 Å². The van der Waals surface area contributed by atoms with Crippen molar-refractivity contribution < 1.29 is 0 Å². The molecule has 5 heteroatoms. The molecule has 0 amide bonds. The number of hydrogen-bond donors (Lipinski definition) is 2. The van der Waals surface area contributed by atoms with Gasteiger partial charge in [0.05, 0.1) is 0 Å². The monoisotopic (exact) mass is 323 g/mol. The van der Waals surface area contributed by atoms with E-state index in [1.54, 1.807) is 0 Å². The molecule has 1 aliphatic heterocycles. The third-order valence-electron chi connectivity index (χ3n) is 5.28. The summed E-state index contributed by atoms with van der Waals surface area (Å²) in [5.74, 6) is 0.661. The Morgan fingerprint density at radius 3 is 2.30 bits per heavy atom. The van der Waals surface area contributed by atoms with Crippen LogP contribution in [0, 0.1) is 0 Å². The quantitative estimate of drug-likeness (QED) is 0.326. The fourth-order valence-electron chi connectivity index (χ4n) is 3.65.